The van der Waals surface area contributed by atoms with Crippen LogP contribution in [0.25, 0.3) is 0 Å². The van der Waals surface area contributed by atoms with Crippen LogP contribution in [-0.4, -0.2) is 18.1 Å². The largest absolute Gasteiger partial charge is 0.357 e. The van der Waals surface area contributed by atoms with Crippen LogP contribution in [0.15, 0.2) is 18.3 Å². The molecule has 2 atom stereocenters. The number of hydrogen-bond donors (Lipinski definition) is 1. The molecular formula is C13H21N3. The van der Waals surface area contributed by atoms with Gasteiger partial charge in [-0.1, -0.05) is 6.07 Å². The van der Waals surface area contributed by atoms with Crippen LogP contribution in [0.2, 0.25) is 0 Å². The summed E-state index contributed by atoms with van der Waals surface area (Å²) in [6.07, 6.45) is 4.61. The van der Waals surface area contributed by atoms with E-state index < -0.39 is 0 Å². The van der Waals surface area contributed by atoms with Crippen LogP contribution >= 0.6 is 0 Å². The molecule has 0 radical (unpaired) electrons. The first-order chi connectivity index (χ1) is 7.59. The van der Waals surface area contributed by atoms with Gasteiger partial charge in [0.1, 0.15) is 5.82 Å². The lowest BCUT2D eigenvalue weighted by molar-refractivity contribution is 0.603. The second kappa shape index (κ2) is 4.42. The maximum atomic E-state index is 5.80. The summed E-state index contributed by atoms with van der Waals surface area (Å²) in [4.78, 5) is 6.74. The van der Waals surface area contributed by atoms with Crippen molar-refractivity contribution in [2.45, 2.75) is 38.8 Å². The summed E-state index contributed by atoms with van der Waals surface area (Å²) in [6.45, 7) is 4.26. The molecule has 2 rings (SSSR count). The van der Waals surface area contributed by atoms with Gasteiger partial charge in [0, 0.05) is 25.3 Å². The van der Waals surface area contributed by atoms with Gasteiger partial charge in [0.2, 0.25) is 0 Å². The van der Waals surface area contributed by atoms with Crippen molar-refractivity contribution < 1.29 is 0 Å². The number of anilines is 1. The van der Waals surface area contributed by atoms with E-state index in [1.807, 2.05) is 13.1 Å². The van der Waals surface area contributed by atoms with Crippen molar-refractivity contribution in [3.05, 3.63) is 23.9 Å². The Morgan fingerprint density at radius 1 is 1.38 bits per heavy atom. The van der Waals surface area contributed by atoms with E-state index in [1.165, 1.54) is 12.8 Å². The Labute approximate surface area is 97.7 Å². The zero-order valence-electron chi connectivity index (χ0n) is 10.4. The fourth-order valence-corrected chi connectivity index (χ4v) is 1.98. The third-order valence-electron chi connectivity index (χ3n) is 3.57. The highest BCUT2D eigenvalue weighted by molar-refractivity contribution is 5.40. The first-order valence-electron chi connectivity index (χ1n) is 6.04. The van der Waals surface area contributed by atoms with E-state index in [2.05, 4.69) is 36.0 Å². The summed E-state index contributed by atoms with van der Waals surface area (Å²) in [5, 5.41) is 0. The zero-order valence-corrected chi connectivity index (χ0v) is 10.4. The Hall–Kier alpha value is -1.09. The Morgan fingerprint density at radius 3 is 2.50 bits per heavy atom. The molecule has 0 aliphatic heterocycles. The van der Waals surface area contributed by atoms with Crippen molar-refractivity contribution in [1.82, 2.24) is 4.98 Å². The monoisotopic (exact) mass is 219 g/mol. The molecule has 0 bridgehead atoms. The molecule has 3 heteroatoms. The van der Waals surface area contributed by atoms with Gasteiger partial charge >= 0.3 is 0 Å². The summed E-state index contributed by atoms with van der Waals surface area (Å²) in [6, 6.07) is 4.79. The zero-order chi connectivity index (χ0) is 11.7. The lowest BCUT2D eigenvalue weighted by Gasteiger charge is -2.26. The first-order valence-corrected chi connectivity index (χ1v) is 6.04. The fourth-order valence-electron chi connectivity index (χ4n) is 1.98. The molecule has 0 spiro atoms. The third kappa shape index (κ3) is 2.35. The quantitative estimate of drug-likeness (QED) is 0.845. The normalized spacial score (nSPS) is 19.2. The van der Waals surface area contributed by atoms with Crippen molar-refractivity contribution in [2.24, 2.45) is 11.7 Å². The van der Waals surface area contributed by atoms with E-state index >= 15 is 0 Å². The minimum atomic E-state index is 0.0627. The molecule has 1 aromatic heterocycles. The molecule has 1 fully saturated rings. The van der Waals surface area contributed by atoms with Crippen LogP contribution in [0.1, 0.15) is 38.3 Å². The first kappa shape index (κ1) is 11.4. The summed E-state index contributed by atoms with van der Waals surface area (Å²) < 4.78 is 0. The highest BCUT2D eigenvalue weighted by Gasteiger charge is 2.30. The maximum absolute atomic E-state index is 5.80. The van der Waals surface area contributed by atoms with E-state index in [0.29, 0.717) is 6.04 Å². The minimum absolute atomic E-state index is 0.0627. The standard InChI is InChI=1S/C13H21N3/c1-9(14)12-6-7-13(15-8-12)16(3)10(2)11-4-5-11/h6-11H,4-5,14H2,1-3H3/t9-,10?/m0/s1. The predicted octanol–water partition coefficient (Wildman–Crippen LogP) is 2.34. The molecule has 0 aromatic carbocycles. The van der Waals surface area contributed by atoms with E-state index in [0.717, 1.165) is 17.3 Å². The number of nitrogens with two attached hydrogens (primary N) is 1. The van der Waals surface area contributed by atoms with Gasteiger partial charge in [0.05, 0.1) is 0 Å². The van der Waals surface area contributed by atoms with Gasteiger partial charge in [-0.2, -0.15) is 0 Å². The van der Waals surface area contributed by atoms with Crippen LogP contribution in [0.4, 0.5) is 5.82 Å². The molecule has 16 heavy (non-hydrogen) atoms. The molecule has 1 unspecified atom stereocenters. The number of hydrogen-bond acceptors (Lipinski definition) is 3. The van der Waals surface area contributed by atoms with Crippen LogP contribution in [-0.2, 0) is 0 Å². The second-order valence-electron chi connectivity index (χ2n) is 4.93. The molecule has 1 aliphatic carbocycles. The van der Waals surface area contributed by atoms with Crippen LogP contribution in [0.5, 0.6) is 0 Å². The number of pyridine rings is 1. The number of aromatic nitrogens is 1. The van der Waals surface area contributed by atoms with Crippen LogP contribution in [0, 0.1) is 5.92 Å². The van der Waals surface area contributed by atoms with Gasteiger partial charge in [0.25, 0.3) is 0 Å². The average Bonchev–Trinajstić information content (AvgIpc) is 3.11. The Morgan fingerprint density at radius 2 is 2.06 bits per heavy atom. The van der Waals surface area contributed by atoms with Crippen molar-refractivity contribution in [3.63, 3.8) is 0 Å². The third-order valence-corrected chi connectivity index (χ3v) is 3.57. The van der Waals surface area contributed by atoms with Crippen molar-refractivity contribution >= 4 is 5.82 Å². The summed E-state index contributed by atoms with van der Waals surface area (Å²) in [5.74, 6) is 1.91. The lowest BCUT2D eigenvalue weighted by atomic mass is 10.1. The average molecular weight is 219 g/mol. The van der Waals surface area contributed by atoms with Crippen molar-refractivity contribution in [3.8, 4) is 0 Å². The molecule has 1 aliphatic rings. The summed E-state index contributed by atoms with van der Waals surface area (Å²) in [7, 11) is 2.12. The highest BCUT2D eigenvalue weighted by Crippen LogP contribution is 2.35. The van der Waals surface area contributed by atoms with Crippen LogP contribution < -0.4 is 10.6 Å². The number of nitrogens with zero attached hydrogens (tertiary/aromatic N) is 2. The Balaban J connectivity index is 2.08. The van der Waals surface area contributed by atoms with E-state index in [4.69, 9.17) is 5.73 Å². The smallest absolute Gasteiger partial charge is 0.128 e. The molecule has 1 aromatic rings. The fraction of sp³-hybridized carbons (Fsp3) is 0.615. The SMILES string of the molecule is CC(C1CC1)N(C)c1ccc([C@H](C)N)cn1. The summed E-state index contributed by atoms with van der Waals surface area (Å²) >= 11 is 0. The van der Waals surface area contributed by atoms with Gasteiger partial charge in [-0.05, 0) is 44.2 Å². The lowest BCUT2D eigenvalue weighted by Crippen LogP contribution is -2.31. The molecule has 88 valence electrons. The van der Waals surface area contributed by atoms with Crippen LogP contribution in [0.3, 0.4) is 0 Å². The van der Waals surface area contributed by atoms with Gasteiger partial charge in [-0.25, -0.2) is 4.98 Å². The van der Waals surface area contributed by atoms with Gasteiger partial charge in [-0.3, -0.25) is 0 Å². The van der Waals surface area contributed by atoms with Crippen molar-refractivity contribution in [1.29, 1.82) is 0 Å². The summed E-state index contributed by atoms with van der Waals surface area (Å²) in [5.41, 5.74) is 6.90. The minimum Gasteiger partial charge on any atom is -0.357 e. The molecule has 0 amide bonds. The van der Waals surface area contributed by atoms with Gasteiger partial charge < -0.3 is 10.6 Å². The number of rotatable bonds is 4. The topological polar surface area (TPSA) is 42.1 Å². The van der Waals surface area contributed by atoms with Gasteiger partial charge in [0.15, 0.2) is 0 Å². The van der Waals surface area contributed by atoms with Gasteiger partial charge in [-0.15, -0.1) is 0 Å². The second-order valence-corrected chi connectivity index (χ2v) is 4.93. The Kier molecular flexibility index (Phi) is 3.15. The van der Waals surface area contributed by atoms with E-state index in [-0.39, 0.29) is 6.04 Å². The molecule has 1 heterocycles. The highest BCUT2D eigenvalue weighted by atomic mass is 15.2. The predicted molar refractivity (Wildman–Crippen MR) is 67.4 cm³/mol. The molecular weight excluding hydrogens is 198 g/mol. The molecule has 0 saturated heterocycles. The van der Waals surface area contributed by atoms with E-state index in [1.54, 1.807) is 0 Å². The molecule has 3 nitrogen and oxygen atoms in total. The Bertz CT molecular complexity index is 341. The molecule has 1 saturated carbocycles. The molecule has 2 N–H and O–H groups in total. The maximum Gasteiger partial charge on any atom is 0.128 e. The van der Waals surface area contributed by atoms with E-state index in [9.17, 15) is 0 Å². The van der Waals surface area contributed by atoms with Crippen molar-refractivity contribution in [2.75, 3.05) is 11.9 Å².